The largest absolute Gasteiger partial charge is 0.444 e. The van der Waals surface area contributed by atoms with E-state index in [1.54, 1.807) is 39.0 Å². The Hall–Kier alpha value is -1.88. The van der Waals surface area contributed by atoms with Crippen LogP contribution in [0.15, 0.2) is 24.3 Å². The summed E-state index contributed by atoms with van der Waals surface area (Å²) in [5.41, 5.74) is 6.59. The van der Waals surface area contributed by atoms with Gasteiger partial charge in [-0.15, -0.1) is 0 Å². The lowest BCUT2D eigenvalue weighted by Gasteiger charge is -2.19. The van der Waals surface area contributed by atoms with Crippen LogP contribution in [0.1, 0.15) is 31.9 Å². The van der Waals surface area contributed by atoms with Gasteiger partial charge in [-0.3, -0.25) is 0 Å². The number of hydrogen-bond acceptors (Lipinski definition) is 3. The molecular weight excluding hydrogens is 259 g/mol. The fourth-order valence-electron chi connectivity index (χ4n) is 1.56. The van der Waals surface area contributed by atoms with Crippen molar-refractivity contribution >= 4 is 12.2 Å². The molecule has 1 rings (SSSR count). The number of alkyl carbamates (subject to hydrolysis) is 1. The Labute approximate surface area is 118 Å². The summed E-state index contributed by atoms with van der Waals surface area (Å²) in [6.45, 7) is 5.99. The maximum Gasteiger partial charge on any atom is 0.407 e. The lowest BCUT2D eigenvalue weighted by atomic mass is 10.1. The minimum atomic E-state index is -0.516. The summed E-state index contributed by atoms with van der Waals surface area (Å²) < 4.78 is 18.1. The van der Waals surface area contributed by atoms with E-state index in [0.29, 0.717) is 6.54 Å². The predicted molar refractivity (Wildman–Crippen MR) is 77.6 cm³/mol. The first kappa shape index (κ1) is 16.2. The second-order valence-electron chi connectivity index (χ2n) is 5.33. The van der Waals surface area contributed by atoms with E-state index < -0.39 is 11.7 Å². The fraction of sp³-hybridized carbons (Fsp3) is 0.400. The highest BCUT2D eigenvalue weighted by atomic mass is 19.1. The number of amides is 1. The van der Waals surface area contributed by atoms with E-state index in [-0.39, 0.29) is 12.4 Å². The molecule has 1 amide bonds. The predicted octanol–water partition coefficient (Wildman–Crippen LogP) is 2.82. The summed E-state index contributed by atoms with van der Waals surface area (Å²) in [7, 11) is 0. The number of ether oxygens (including phenoxy) is 1. The minimum Gasteiger partial charge on any atom is -0.444 e. The van der Waals surface area contributed by atoms with Crippen LogP contribution in [-0.4, -0.2) is 18.2 Å². The molecule has 0 atom stereocenters. The summed E-state index contributed by atoms with van der Waals surface area (Å²) in [5.74, 6) is -0.311. The average molecular weight is 280 g/mol. The van der Waals surface area contributed by atoms with Crippen LogP contribution in [0.25, 0.3) is 6.08 Å². The summed E-state index contributed by atoms with van der Waals surface area (Å²) in [6, 6.07) is 4.43. The van der Waals surface area contributed by atoms with Crippen molar-refractivity contribution in [2.45, 2.75) is 32.9 Å². The number of benzene rings is 1. The van der Waals surface area contributed by atoms with Crippen molar-refractivity contribution in [1.29, 1.82) is 0 Å². The summed E-state index contributed by atoms with van der Waals surface area (Å²) >= 11 is 0. The van der Waals surface area contributed by atoms with Crippen molar-refractivity contribution in [3.63, 3.8) is 0 Å². The molecule has 4 nitrogen and oxygen atoms in total. The van der Waals surface area contributed by atoms with E-state index in [2.05, 4.69) is 5.32 Å². The van der Waals surface area contributed by atoms with Gasteiger partial charge in [-0.25, -0.2) is 9.18 Å². The molecule has 5 heteroatoms. The fourth-order valence-corrected chi connectivity index (χ4v) is 1.56. The molecule has 0 spiro atoms. The Balaban J connectivity index is 2.52. The molecule has 0 heterocycles. The molecular formula is C15H21FN2O2. The number of halogens is 1. The Morgan fingerprint density at radius 1 is 1.45 bits per heavy atom. The van der Waals surface area contributed by atoms with Gasteiger partial charge in [0.05, 0.1) is 0 Å². The van der Waals surface area contributed by atoms with Crippen LogP contribution in [-0.2, 0) is 11.3 Å². The van der Waals surface area contributed by atoms with E-state index in [0.717, 1.165) is 11.1 Å². The van der Waals surface area contributed by atoms with Gasteiger partial charge in [0, 0.05) is 13.1 Å². The number of carbonyl (C=O) groups excluding carboxylic acids is 1. The van der Waals surface area contributed by atoms with Crippen LogP contribution < -0.4 is 11.1 Å². The molecule has 1 aromatic rings. The number of rotatable bonds is 4. The lowest BCUT2D eigenvalue weighted by Crippen LogP contribution is -2.32. The van der Waals surface area contributed by atoms with Crippen molar-refractivity contribution < 1.29 is 13.9 Å². The molecule has 20 heavy (non-hydrogen) atoms. The van der Waals surface area contributed by atoms with Crippen molar-refractivity contribution in [2.75, 3.05) is 6.54 Å². The second-order valence-corrected chi connectivity index (χ2v) is 5.33. The highest BCUT2D eigenvalue weighted by molar-refractivity contribution is 5.68. The number of carbonyl (C=O) groups is 1. The molecule has 0 fully saturated rings. The van der Waals surface area contributed by atoms with Gasteiger partial charge in [-0.05, 0) is 44.0 Å². The molecule has 0 aliphatic rings. The zero-order valence-electron chi connectivity index (χ0n) is 12.1. The second kappa shape index (κ2) is 7.05. The van der Waals surface area contributed by atoms with E-state index in [9.17, 15) is 9.18 Å². The maximum atomic E-state index is 13.0. The topological polar surface area (TPSA) is 64.3 Å². The highest BCUT2D eigenvalue weighted by Crippen LogP contribution is 2.12. The Kier molecular flexibility index (Phi) is 5.70. The first-order chi connectivity index (χ1) is 9.31. The Morgan fingerprint density at radius 2 is 2.15 bits per heavy atom. The number of hydrogen-bond donors (Lipinski definition) is 2. The standard InChI is InChI=1S/C15H21FN2O2/c1-15(2,3)20-14(19)18-8-4-5-11-6-7-13(16)9-12(11)10-17/h4-7,9H,8,10,17H2,1-3H3,(H,18,19). The number of nitrogens with two attached hydrogens (primary N) is 1. The molecule has 0 saturated heterocycles. The van der Waals surface area contributed by atoms with Crippen LogP contribution in [0.2, 0.25) is 0 Å². The van der Waals surface area contributed by atoms with E-state index in [1.807, 2.05) is 0 Å². The van der Waals surface area contributed by atoms with Crippen molar-refractivity contribution in [2.24, 2.45) is 5.73 Å². The monoisotopic (exact) mass is 280 g/mol. The molecule has 0 unspecified atom stereocenters. The molecule has 0 bridgehead atoms. The third-order valence-electron chi connectivity index (χ3n) is 2.39. The first-order valence-corrected chi connectivity index (χ1v) is 6.44. The molecule has 0 radical (unpaired) electrons. The summed E-state index contributed by atoms with van der Waals surface area (Å²) in [6.07, 6.45) is 3.08. The third-order valence-corrected chi connectivity index (χ3v) is 2.39. The van der Waals surface area contributed by atoms with Gasteiger partial charge >= 0.3 is 6.09 Å². The van der Waals surface area contributed by atoms with Gasteiger partial charge in [0.2, 0.25) is 0 Å². The molecule has 110 valence electrons. The smallest absolute Gasteiger partial charge is 0.407 e. The SMILES string of the molecule is CC(C)(C)OC(=O)NCC=Cc1ccc(F)cc1CN. The summed E-state index contributed by atoms with van der Waals surface area (Å²) in [4.78, 5) is 11.4. The van der Waals surface area contributed by atoms with Gasteiger partial charge in [0.15, 0.2) is 0 Å². The molecule has 1 aromatic carbocycles. The highest BCUT2D eigenvalue weighted by Gasteiger charge is 2.14. The van der Waals surface area contributed by atoms with Gasteiger partial charge in [0.1, 0.15) is 11.4 Å². The molecule has 0 saturated carbocycles. The quantitative estimate of drug-likeness (QED) is 0.891. The van der Waals surface area contributed by atoms with Crippen LogP contribution in [0.3, 0.4) is 0 Å². The Morgan fingerprint density at radius 3 is 2.75 bits per heavy atom. The third kappa shape index (κ3) is 5.84. The van der Waals surface area contributed by atoms with Crippen LogP contribution in [0.5, 0.6) is 0 Å². The summed E-state index contributed by atoms with van der Waals surface area (Å²) in [5, 5.41) is 2.61. The zero-order valence-corrected chi connectivity index (χ0v) is 12.1. The molecule has 0 aromatic heterocycles. The molecule has 3 N–H and O–H groups in total. The Bertz CT molecular complexity index is 493. The van der Waals surface area contributed by atoms with Gasteiger partial charge in [0.25, 0.3) is 0 Å². The van der Waals surface area contributed by atoms with E-state index in [1.165, 1.54) is 12.1 Å². The van der Waals surface area contributed by atoms with Crippen LogP contribution in [0.4, 0.5) is 9.18 Å². The maximum absolute atomic E-state index is 13.0. The zero-order chi connectivity index (χ0) is 15.2. The van der Waals surface area contributed by atoms with Crippen molar-refractivity contribution in [3.8, 4) is 0 Å². The van der Waals surface area contributed by atoms with Crippen LogP contribution in [0, 0.1) is 5.82 Å². The van der Waals surface area contributed by atoms with Gasteiger partial charge < -0.3 is 15.8 Å². The first-order valence-electron chi connectivity index (χ1n) is 6.44. The normalized spacial score (nSPS) is 11.7. The van der Waals surface area contributed by atoms with Gasteiger partial charge in [-0.1, -0.05) is 18.2 Å². The molecule has 0 aliphatic heterocycles. The van der Waals surface area contributed by atoms with Crippen molar-refractivity contribution in [3.05, 3.63) is 41.2 Å². The van der Waals surface area contributed by atoms with Crippen molar-refractivity contribution in [1.82, 2.24) is 5.32 Å². The average Bonchev–Trinajstić information content (AvgIpc) is 2.33. The minimum absolute atomic E-state index is 0.261. The van der Waals surface area contributed by atoms with Gasteiger partial charge in [-0.2, -0.15) is 0 Å². The van der Waals surface area contributed by atoms with E-state index in [4.69, 9.17) is 10.5 Å². The molecule has 0 aliphatic carbocycles. The lowest BCUT2D eigenvalue weighted by molar-refractivity contribution is 0.0534. The van der Waals surface area contributed by atoms with Crippen LogP contribution >= 0.6 is 0 Å². The van der Waals surface area contributed by atoms with E-state index >= 15 is 0 Å². The number of nitrogens with one attached hydrogen (secondary N) is 1.